The van der Waals surface area contributed by atoms with Gasteiger partial charge in [-0.2, -0.15) is 0 Å². The van der Waals surface area contributed by atoms with Gasteiger partial charge in [-0.3, -0.25) is 4.79 Å². The SMILES string of the molecule is CC(C)COC(=O)Oc1ccc(CC(N)C(=O)N2CCc3ccccc32)c(Br)c1. The number of halogens is 1. The number of rotatable bonds is 6. The molecule has 1 amide bonds. The van der Waals surface area contributed by atoms with Gasteiger partial charge in [-0.1, -0.05) is 54.0 Å². The maximum atomic E-state index is 12.9. The van der Waals surface area contributed by atoms with Crippen molar-refractivity contribution in [2.45, 2.75) is 32.7 Å². The zero-order valence-corrected chi connectivity index (χ0v) is 18.1. The van der Waals surface area contributed by atoms with Crippen LogP contribution in [0.1, 0.15) is 25.0 Å². The average molecular weight is 461 g/mol. The van der Waals surface area contributed by atoms with Gasteiger partial charge in [0.25, 0.3) is 0 Å². The van der Waals surface area contributed by atoms with Gasteiger partial charge in [0.15, 0.2) is 0 Å². The molecule has 0 bridgehead atoms. The van der Waals surface area contributed by atoms with Crippen molar-refractivity contribution in [1.82, 2.24) is 0 Å². The van der Waals surface area contributed by atoms with E-state index in [2.05, 4.69) is 15.9 Å². The molecule has 0 aromatic heterocycles. The number of anilines is 1. The third-order valence-corrected chi connectivity index (χ3v) is 5.41. The van der Waals surface area contributed by atoms with Crippen LogP contribution in [0.25, 0.3) is 0 Å². The number of fused-ring (bicyclic) bond motifs is 1. The Morgan fingerprint density at radius 2 is 1.97 bits per heavy atom. The molecule has 1 unspecified atom stereocenters. The lowest BCUT2D eigenvalue weighted by Crippen LogP contribution is -2.44. The summed E-state index contributed by atoms with van der Waals surface area (Å²) in [7, 11) is 0. The predicted octanol–water partition coefficient (Wildman–Crippen LogP) is 4.08. The molecular formula is C22H25BrN2O4. The zero-order chi connectivity index (χ0) is 21.0. The molecule has 1 aliphatic heterocycles. The molecule has 2 aromatic carbocycles. The molecule has 1 heterocycles. The fourth-order valence-electron chi connectivity index (χ4n) is 3.21. The monoisotopic (exact) mass is 460 g/mol. The summed E-state index contributed by atoms with van der Waals surface area (Å²) in [5, 5.41) is 0. The molecule has 0 radical (unpaired) electrons. The van der Waals surface area contributed by atoms with Crippen molar-refractivity contribution in [1.29, 1.82) is 0 Å². The van der Waals surface area contributed by atoms with E-state index in [1.807, 2.05) is 38.1 Å². The van der Waals surface area contributed by atoms with E-state index >= 15 is 0 Å². The van der Waals surface area contributed by atoms with Gasteiger partial charge in [0.1, 0.15) is 5.75 Å². The van der Waals surface area contributed by atoms with Crippen LogP contribution in [0, 0.1) is 5.92 Å². The van der Waals surface area contributed by atoms with Crippen LogP contribution >= 0.6 is 15.9 Å². The number of ether oxygens (including phenoxy) is 2. The molecule has 7 heteroatoms. The molecule has 3 rings (SSSR count). The maximum absolute atomic E-state index is 12.9. The molecule has 29 heavy (non-hydrogen) atoms. The third kappa shape index (κ3) is 5.36. The van der Waals surface area contributed by atoms with Crippen LogP contribution in [0.3, 0.4) is 0 Å². The minimum Gasteiger partial charge on any atom is -0.434 e. The Labute approximate surface area is 179 Å². The van der Waals surface area contributed by atoms with Gasteiger partial charge in [0.05, 0.1) is 12.6 Å². The number of amides is 1. The highest BCUT2D eigenvalue weighted by atomic mass is 79.9. The Hall–Kier alpha value is -2.38. The second kappa shape index (κ2) is 9.41. The van der Waals surface area contributed by atoms with Crippen molar-refractivity contribution in [2.24, 2.45) is 11.7 Å². The number of hydrogen-bond donors (Lipinski definition) is 1. The lowest BCUT2D eigenvalue weighted by atomic mass is 10.1. The average Bonchev–Trinajstić information content (AvgIpc) is 3.12. The molecular weight excluding hydrogens is 436 g/mol. The first-order chi connectivity index (χ1) is 13.8. The van der Waals surface area contributed by atoms with Crippen molar-refractivity contribution in [3.05, 3.63) is 58.1 Å². The molecule has 2 N–H and O–H groups in total. The largest absolute Gasteiger partial charge is 0.513 e. The predicted molar refractivity (Wildman–Crippen MR) is 115 cm³/mol. The standard InChI is InChI=1S/C22H25BrN2O4/c1-14(2)13-28-22(27)29-17-8-7-16(18(23)12-17)11-19(24)21(26)25-10-9-15-5-3-4-6-20(15)25/h3-8,12,14,19H,9-11,13,24H2,1-2H3. The first-order valence-corrected chi connectivity index (χ1v) is 10.4. The summed E-state index contributed by atoms with van der Waals surface area (Å²) in [6.45, 7) is 4.85. The number of benzene rings is 2. The summed E-state index contributed by atoms with van der Waals surface area (Å²) in [5.74, 6) is 0.500. The van der Waals surface area contributed by atoms with E-state index in [4.69, 9.17) is 15.2 Å². The Morgan fingerprint density at radius 3 is 2.69 bits per heavy atom. The van der Waals surface area contributed by atoms with Crippen LogP contribution in [0.5, 0.6) is 5.75 Å². The quantitative estimate of drug-likeness (QED) is 0.518. The zero-order valence-electron chi connectivity index (χ0n) is 16.6. The highest BCUT2D eigenvalue weighted by molar-refractivity contribution is 9.10. The van der Waals surface area contributed by atoms with Crippen molar-refractivity contribution >= 4 is 33.7 Å². The lowest BCUT2D eigenvalue weighted by Gasteiger charge is -2.22. The Morgan fingerprint density at radius 1 is 1.21 bits per heavy atom. The number of carbonyl (C=O) groups excluding carboxylic acids is 2. The molecule has 0 saturated carbocycles. The highest BCUT2D eigenvalue weighted by Gasteiger charge is 2.28. The fraction of sp³-hybridized carbons (Fsp3) is 0.364. The fourth-order valence-corrected chi connectivity index (χ4v) is 3.73. The molecule has 0 saturated heterocycles. The normalized spacial score (nSPS) is 13.9. The van der Waals surface area contributed by atoms with Gasteiger partial charge in [0, 0.05) is 16.7 Å². The smallest absolute Gasteiger partial charge is 0.434 e. The van der Waals surface area contributed by atoms with E-state index in [0.29, 0.717) is 25.3 Å². The van der Waals surface area contributed by atoms with Crippen LogP contribution < -0.4 is 15.4 Å². The molecule has 0 spiro atoms. The van der Waals surface area contributed by atoms with Gasteiger partial charge in [0.2, 0.25) is 5.91 Å². The minimum absolute atomic E-state index is 0.0977. The van der Waals surface area contributed by atoms with Crippen molar-refractivity contribution < 1.29 is 19.1 Å². The second-order valence-electron chi connectivity index (χ2n) is 7.49. The van der Waals surface area contributed by atoms with E-state index in [1.165, 1.54) is 5.56 Å². The number of para-hydroxylation sites is 1. The Bertz CT molecular complexity index is 900. The Kier molecular flexibility index (Phi) is 6.92. The molecule has 1 atom stereocenters. The third-order valence-electron chi connectivity index (χ3n) is 4.67. The van der Waals surface area contributed by atoms with E-state index in [1.54, 1.807) is 23.1 Å². The molecule has 0 fully saturated rings. The molecule has 1 aliphatic rings. The summed E-state index contributed by atoms with van der Waals surface area (Å²) in [6.07, 6.45) is 0.478. The van der Waals surface area contributed by atoms with Crippen LogP contribution in [-0.2, 0) is 22.4 Å². The summed E-state index contributed by atoms with van der Waals surface area (Å²) < 4.78 is 10.9. The second-order valence-corrected chi connectivity index (χ2v) is 8.34. The molecule has 6 nitrogen and oxygen atoms in total. The first kappa shape index (κ1) is 21.3. The number of nitrogens with zero attached hydrogens (tertiary/aromatic N) is 1. The van der Waals surface area contributed by atoms with Crippen molar-refractivity contribution in [3.8, 4) is 5.75 Å². The van der Waals surface area contributed by atoms with Gasteiger partial charge >= 0.3 is 6.16 Å². The Balaban J connectivity index is 1.61. The van der Waals surface area contributed by atoms with Crippen LogP contribution in [0.2, 0.25) is 0 Å². The van der Waals surface area contributed by atoms with Gasteiger partial charge in [-0.25, -0.2) is 4.79 Å². The highest BCUT2D eigenvalue weighted by Crippen LogP contribution is 2.29. The van der Waals surface area contributed by atoms with E-state index in [9.17, 15) is 9.59 Å². The van der Waals surface area contributed by atoms with E-state index in [-0.39, 0.29) is 11.8 Å². The van der Waals surface area contributed by atoms with Crippen LogP contribution in [0.15, 0.2) is 46.9 Å². The first-order valence-electron chi connectivity index (χ1n) is 9.63. The molecule has 2 aromatic rings. The van der Waals surface area contributed by atoms with Gasteiger partial charge in [-0.05, 0) is 48.1 Å². The van der Waals surface area contributed by atoms with Crippen molar-refractivity contribution in [3.63, 3.8) is 0 Å². The lowest BCUT2D eigenvalue weighted by molar-refractivity contribution is -0.119. The van der Waals surface area contributed by atoms with Crippen LogP contribution in [0.4, 0.5) is 10.5 Å². The summed E-state index contributed by atoms with van der Waals surface area (Å²) in [6, 6.07) is 12.4. The van der Waals surface area contributed by atoms with Crippen LogP contribution in [-0.4, -0.2) is 31.3 Å². The minimum atomic E-state index is -0.738. The van der Waals surface area contributed by atoms with Gasteiger partial charge in [-0.15, -0.1) is 0 Å². The summed E-state index contributed by atoms with van der Waals surface area (Å²) >= 11 is 3.47. The van der Waals surface area contributed by atoms with Gasteiger partial charge < -0.3 is 20.1 Å². The topological polar surface area (TPSA) is 81.9 Å². The maximum Gasteiger partial charge on any atom is 0.513 e. The summed E-state index contributed by atoms with van der Waals surface area (Å²) in [4.78, 5) is 26.3. The van der Waals surface area contributed by atoms with E-state index in [0.717, 1.165) is 22.1 Å². The molecule has 154 valence electrons. The number of hydrogen-bond acceptors (Lipinski definition) is 5. The van der Waals surface area contributed by atoms with E-state index < -0.39 is 12.2 Å². The number of nitrogens with two attached hydrogens (primary N) is 1. The summed E-state index contributed by atoms with van der Waals surface area (Å²) in [5.41, 5.74) is 9.19. The molecule has 0 aliphatic carbocycles. The van der Waals surface area contributed by atoms with Crippen molar-refractivity contribution in [2.75, 3.05) is 18.1 Å². The number of carbonyl (C=O) groups is 2.